The van der Waals surface area contributed by atoms with Gasteiger partial charge in [-0.25, -0.2) is 0 Å². The standard InChI is InChI=1S/C45H66N4O6/c1-31(2)24-39(41(51)28-37(26-35-16-12-9-13-17-35)44(54)47-40(25-32(3)4)42(52)45(7)30-55-45)46-43(53)36(19-18-34-14-10-8-11-15-34)27-38(50)29-48-20-22-49(23-21-48)33(5)6/h8-17,31-33,36-37,39-40H,18-30H2,1-7H3,(H,46,53)(H,47,54)/t36-,37-,39+,40+,45-/m1/s1. The number of Topliss-reactive ketones (excluding diaryl/α,β-unsaturated/α-hetero) is 3. The molecule has 10 nitrogen and oxygen atoms in total. The molecule has 2 saturated heterocycles. The second-order valence-electron chi connectivity index (χ2n) is 17.2. The molecule has 2 aliphatic rings. The predicted octanol–water partition coefficient (Wildman–Crippen LogP) is 5.46. The fourth-order valence-electron chi connectivity index (χ4n) is 7.52. The number of nitrogens with zero attached hydrogens (tertiary/aromatic N) is 2. The number of piperazine rings is 1. The average molecular weight is 759 g/mol. The number of epoxide rings is 1. The Morgan fingerprint density at radius 2 is 1.24 bits per heavy atom. The highest BCUT2D eigenvalue weighted by atomic mass is 16.6. The predicted molar refractivity (Wildman–Crippen MR) is 216 cm³/mol. The minimum atomic E-state index is -0.897. The van der Waals surface area contributed by atoms with Crippen molar-refractivity contribution in [3.63, 3.8) is 0 Å². The third-order valence-corrected chi connectivity index (χ3v) is 11.0. The average Bonchev–Trinajstić information content (AvgIpc) is 3.90. The van der Waals surface area contributed by atoms with Crippen LogP contribution in [-0.2, 0) is 41.6 Å². The molecule has 2 fully saturated rings. The maximum absolute atomic E-state index is 14.3. The highest BCUT2D eigenvalue weighted by Gasteiger charge is 2.50. The summed E-state index contributed by atoms with van der Waals surface area (Å²) in [6.07, 6.45) is 2.24. The lowest BCUT2D eigenvalue weighted by molar-refractivity contribution is -0.135. The number of carbonyl (C=O) groups excluding carboxylic acids is 5. The summed E-state index contributed by atoms with van der Waals surface area (Å²) in [6.45, 7) is 18.2. The zero-order valence-electron chi connectivity index (χ0n) is 34.4. The Kier molecular flexibility index (Phi) is 16.8. The number of aryl methyl sites for hydroxylation is 1. The summed E-state index contributed by atoms with van der Waals surface area (Å²) >= 11 is 0. The first-order chi connectivity index (χ1) is 26.1. The lowest BCUT2D eigenvalue weighted by Gasteiger charge is -2.36. The van der Waals surface area contributed by atoms with Crippen molar-refractivity contribution in [3.8, 4) is 0 Å². The van der Waals surface area contributed by atoms with Crippen molar-refractivity contribution in [1.29, 1.82) is 0 Å². The molecule has 4 rings (SSSR count). The summed E-state index contributed by atoms with van der Waals surface area (Å²) in [5.74, 6) is -2.18. The van der Waals surface area contributed by atoms with Gasteiger partial charge in [0.15, 0.2) is 11.6 Å². The van der Waals surface area contributed by atoms with Gasteiger partial charge in [0, 0.05) is 56.9 Å². The molecule has 2 aliphatic heterocycles. The Morgan fingerprint density at radius 3 is 1.78 bits per heavy atom. The third kappa shape index (κ3) is 14.4. The molecule has 0 aromatic heterocycles. The van der Waals surface area contributed by atoms with Crippen molar-refractivity contribution in [2.24, 2.45) is 23.7 Å². The smallest absolute Gasteiger partial charge is 0.224 e. The number of amides is 2. The zero-order chi connectivity index (χ0) is 40.1. The van der Waals surface area contributed by atoms with Crippen molar-refractivity contribution in [2.45, 2.75) is 117 Å². The number of hydrogen-bond acceptors (Lipinski definition) is 8. The van der Waals surface area contributed by atoms with Crippen LogP contribution in [0.5, 0.6) is 0 Å². The van der Waals surface area contributed by atoms with Crippen LogP contribution in [0.2, 0.25) is 0 Å². The van der Waals surface area contributed by atoms with Gasteiger partial charge in [-0.05, 0) is 75.8 Å². The van der Waals surface area contributed by atoms with Crippen LogP contribution >= 0.6 is 0 Å². The molecule has 0 radical (unpaired) electrons. The van der Waals surface area contributed by atoms with Crippen molar-refractivity contribution < 1.29 is 28.7 Å². The molecule has 0 aliphatic carbocycles. The number of benzene rings is 2. The van der Waals surface area contributed by atoms with E-state index in [0.29, 0.717) is 51.3 Å². The molecule has 0 spiro atoms. The molecule has 2 aromatic rings. The molecule has 55 heavy (non-hydrogen) atoms. The van der Waals surface area contributed by atoms with Gasteiger partial charge in [-0.3, -0.25) is 33.8 Å². The van der Waals surface area contributed by atoms with Gasteiger partial charge in [-0.2, -0.15) is 0 Å². The number of ether oxygens (including phenoxy) is 1. The van der Waals surface area contributed by atoms with Gasteiger partial charge in [-0.1, -0.05) is 88.4 Å². The molecule has 5 atom stereocenters. The fraction of sp³-hybridized carbons (Fsp3) is 0.622. The van der Waals surface area contributed by atoms with Gasteiger partial charge >= 0.3 is 0 Å². The van der Waals surface area contributed by atoms with Crippen LogP contribution in [0.15, 0.2) is 60.7 Å². The number of nitrogens with one attached hydrogen (secondary N) is 2. The normalized spacial score (nSPS) is 19.8. The van der Waals surface area contributed by atoms with E-state index in [1.165, 1.54) is 0 Å². The van der Waals surface area contributed by atoms with E-state index < -0.39 is 29.5 Å². The van der Waals surface area contributed by atoms with Crippen molar-refractivity contribution >= 4 is 29.2 Å². The highest BCUT2D eigenvalue weighted by molar-refractivity contribution is 5.98. The van der Waals surface area contributed by atoms with Gasteiger partial charge in [0.05, 0.1) is 25.2 Å². The summed E-state index contributed by atoms with van der Waals surface area (Å²) < 4.78 is 5.44. The lowest BCUT2D eigenvalue weighted by atomic mass is 9.87. The highest BCUT2D eigenvalue weighted by Crippen LogP contribution is 2.30. The topological polar surface area (TPSA) is 128 Å². The number of carbonyl (C=O) groups is 5. The van der Waals surface area contributed by atoms with Gasteiger partial charge in [0.1, 0.15) is 11.4 Å². The van der Waals surface area contributed by atoms with E-state index in [4.69, 9.17) is 4.74 Å². The van der Waals surface area contributed by atoms with Crippen LogP contribution in [0.25, 0.3) is 0 Å². The quantitative estimate of drug-likeness (QED) is 0.143. The van der Waals surface area contributed by atoms with E-state index >= 15 is 0 Å². The van der Waals surface area contributed by atoms with E-state index in [-0.39, 0.29) is 53.8 Å². The molecule has 2 heterocycles. The Morgan fingerprint density at radius 1 is 0.709 bits per heavy atom. The SMILES string of the molecule is CC(C)C[C@H](NC(=O)[C@H](CCc1ccccc1)CC(=O)CN1CCN(C(C)C)CC1)C(=O)C[C@@H](Cc1ccccc1)C(=O)N[C@@H](CC(C)C)C(=O)[C@@]1(C)CO1. The van der Waals surface area contributed by atoms with Gasteiger partial charge in [0.2, 0.25) is 11.8 Å². The minimum absolute atomic E-state index is 0.0218. The van der Waals surface area contributed by atoms with Crippen LogP contribution in [0.4, 0.5) is 0 Å². The number of hydrogen-bond donors (Lipinski definition) is 2. The van der Waals surface area contributed by atoms with Crippen LogP contribution in [0, 0.1) is 23.7 Å². The van der Waals surface area contributed by atoms with Gasteiger partial charge < -0.3 is 15.4 Å². The second-order valence-corrected chi connectivity index (χ2v) is 17.2. The molecule has 2 amide bonds. The van der Waals surface area contributed by atoms with Crippen LogP contribution in [-0.4, -0.2) is 102 Å². The molecule has 302 valence electrons. The Hall–Kier alpha value is -3.73. The third-order valence-electron chi connectivity index (χ3n) is 11.0. The summed E-state index contributed by atoms with van der Waals surface area (Å²) in [5.41, 5.74) is 1.08. The van der Waals surface area contributed by atoms with Crippen molar-refractivity contribution in [1.82, 2.24) is 20.4 Å². The summed E-state index contributed by atoms with van der Waals surface area (Å²) in [4.78, 5) is 74.1. The monoisotopic (exact) mass is 758 g/mol. The number of rotatable bonds is 23. The first-order valence-corrected chi connectivity index (χ1v) is 20.5. The summed E-state index contributed by atoms with van der Waals surface area (Å²) in [5, 5.41) is 6.07. The fourth-order valence-corrected chi connectivity index (χ4v) is 7.52. The molecular weight excluding hydrogens is 693 g/mol. The van der Waals surface area contributed by atoms with Gasteiger partial charge in [0.25, 0.3) is 0 Å². The molecule has 2 N–H and O–H groups in total. The minimum Gasteiger partial charge on any atom is -0.361 e. The van der Waals surface area contributed by atoms with Crippen LogP contribution in [0.3, 0.4) is 0 Å². The molecule has 0 unspecified atom stereocenters. The van der Waals surface area contributed by atoms with Gasteiger partial charge in [-0.15, -0.1) is 0 Å². The van der Waals surface area contributed by atoms with E-state index in [0.717, 1.165) is 37.3 Å². The first-order valence-electron chi connectivity index (χ1n) is 20.5. The van der Waals surface area contributed by atoms with E-state index in [2.05, 4.69) is 34.3 Å². The first kappa shape index (κ1) is 44.0. The Labute approximate surface area is 329 Å². The lowest BCUT2D eigenvalue weighted by Crippen LogP contribution is -2.50. The second kappa shape index (κ2) is 21.0. The molecular formula is C45H66N4O6. The van der Waals surface area contributed by atoms with Crippen molar-refractivity contribution in [3.05, 3.63) is 71.8 Å². The Balaban J connectivity index is 1.50. The van der Waals surface area contributed by atoms with Crippen LogP contribution in [0.1, 0.15) is 91.7 Å². The number of ketones is 3. The Bertz CT molecular complexity index is 1550. The maximum Gasteiger partial charge on any atom is 0.224 e. The molecule has 2 aromatic carbocycles. The van der Waals surface area contributed by atoms with E-state index in [9.17, 15) is 24.0 Å². The largest absolute Gasteiger partial charge is 0.361 e. The van der Waals surface area contributed by atoms with E-state index in [1.54, 1.807) is 6.92 Å². The maximum atomic E-state index is 14.3. The zero-order valence-corrected chi connectivity index (χ0v) is 34.4. The molecule has 10 heteroatoms. The molecule has 0 bridgehead atoms. The van der Waals surface area contributed by atoms with Crippen molar-refractivity contribution in [2.75, 3.05) is 39.3 Å². The van der Waals surface area contributed by atoms with E-state index in [1.807, 2.05) is 88.4 Å². The van der Waals surface area contributed by atoms with Crippen LogP contribution < -0.4 is 10.6 Å². The molecule has 0 saturated carbocycles. The summed E-state index contributed by atoms with van der Waals surface area (Å²) in [7, 11) is 0. The summed E-state index contributed by atoms with van der Waals surface area (Å²) in [6, 6.07) is 18.4.